The van der Waals surface area contributed by atoms with Crippen molar-refractivity contribution in [1.29, 1.82) is 0 Å². The molecule has 1 fully saturated rings. The number of fused-ring (bicyclic) bond motifs is 1. The Kier molecular flexibility index (Phi) is 11.9. The Morgan fingerprint density at radius 2 is 2.12 bits per heavy atom. The number of hydrogen-bond acceptors (Lipinski definition) is 9. The highest BCUT2D eigenvalue weighted by atomic mass is 16.5. The number of aromatic nitrogens is 4. The molecule has 1 saturated heterocycles. The summed E-state index contributed by atoms with van der Waals surface area (Å²) in [5.74, 6) is 7.23. The van der Waals surface area contributed by atoms with Gasteiger partial charge in [-0.1, -0.05) is 17.9 Å². The van der Waals surface area contributed by atoms with Crippen molar-refractivity contribution in [2.75, 3.05) is 64.6 Å². The van der Waals surface area contributed by atoms with Gasteiger partial charge in [0.2, 0.25) is 17.8 Å². The van der Waals surface area contributed by atoms with E-state index in [1.165, 1.54) is 0 Å². The van der Waals surface area contributed by atoms with Gasteiger partial charge in [-0.3, -0.25) is 14.7 Å². The van der Waals surface area contributed by atoms with Gasteiger partial charge >= 0.3 is 0 Å². The van der Waals surface area contributed by atoms with Gasteiger partial charge in [-0.15, -0.1) is 0 Å². The van der Waals surface area contributed by atoms with Gasteiger partial charge in [0.15, 0.2) is 0 Å². The number of carbonyl (C=O) groups excluding carboxylic acids is 2. The van der Waals surface area contributed by atoms with E-state index in [1.807, 2.05) is 43.3 Å². The quantitative estimate of drug-likeness (QED) is 0.127. The SMILES string of the molecule is COCCCNc1nc(Nc2ccc3[nH]ncc3c2)ncc1C#CCCCNC(=O)[C@@H]1CCCN1C(=O)C=CCN(C)C. The van der Waals surface area contributed by atoms with Gasteiger partial charge in [-0.25, -0.2) is 4.98 Å². The number of ether oxygens (including phenoxy) is 1. The number of nitrogens with one attached hydrogen (secondary N) is 4. The van der Waals surface area contributed by atoms with Crippen LogP contribution in [0, 0.1) is 11.8 Å². The topological polar surface area (TPSA) is 140 Å². The third-order valence-electron chi connectivity index (χ3n) is 6.87. The number of benzene rings is 1. The lowest BCUT2D eigenvalue weighted by Crippen LogP contribution is -2.45. The highest BCUT2D eigenvalue weighted by Gasteiger charge is 2.32. The van der Waals surface area contributed by atoms with E-state index in [0.29, 0.717) is 69.4 Å². The molecule has 1 aromatic carbocycles. The molecule has 12 nitrogen and oxygen atoms in total. The number of anilines is 3. The number of hydrogen-bond donors (Lipinski definition) is 4. The van der Waals surface area contributed by atoms with Gasteiger partial charge in [0.25, 0.3) is 0 Å². The van der Waals surface area contributed by atoms with Gasteiger partial charge < -0.3 is 30.5 Å². The average molecular weight is 588 g/mol. The van der Waals surface area contributed by atoms with Crippen LogP contribution in [0.15, 0.2) is 42.7 Å². The van der Waals surface area contributed by atoms with Crippen molar-refractivity contribution in [3.8, 4) is 11.8 Å². The molecular formula is C31H41N9O3. The Hall–Kier alpha value is -4.47. The second kappa shape index (κ2) is 16.2. The summed E-state index contributed by atoms with van der Waals surface area (Å²) in [5, 5.41) is 17.6. The molecular weight excluding hydrogens is 546 g/mol. The molecule has 1 aliphatic rings. The van der Waals surface area contributed by atoms with E-state index in [-0.39, 0.29) is 11.8 Å². The molecule has 12 heteroatoms. The molecule has 2 aromatic heterocycles. The number of unbranched alkanes of at least 4 members (excludes halogenated alkanes) is 1. The number of H-pyrrole nitrogens is 1. The minimum Gasteiger partial charge on any atom is -0.385 e. The lowest BCUT2D eigenvalue weighted by molar-refractivity contribution is -0.135. The van der Waals surface area contributed by atoms with Crippen molar-refractivity contribution in [2.24, 2.45) is 0 Å². The number of nitrogens with zero attached hydrogens (tertiary/aromatic N) is 5. The zero-order chi connectivity index (χ0) is 30.4. The van der Waals surface area contributed by atoms with Crippen LogP contribution >= 0.6 is 0 Å². The lowest BCUT2D eigenvalue weighted by Gasteiger charge is -2.22. The van der Waals surface area contributed by atoms with Crippen LogP contribution in [0.4, 0.5) is 17.5 Å². The summed E-state index contributed by atoms with van der Waals surface area (Å²) in [7, 11) is 5.56. The summed E-state index contributed by atoms with van der Waals surface area (Å²) in [5.41, 5.74) is 2.50. The van der Waals surface area contributed by atoms with Crippen LogP contribution in [0.25, 0.3) is 10.9 Å². The Morgan fingerprint density at radius 1 is 1.23 bits per heavy atom. The summed E-state index contributed by atoms with van der Waals surface area (Å²) in [4.78, 5) is 38.1. The van der Waals surface area contributed by atoms with Gasteiger partial charge in [0, 0.05) is 63.5 Å². The van der Waals surface area contributed by atoms with Crippen molar-refractivity contribution >= 4 is 40.2 Å². The summed E-state index contributed by atoms with van der Waals surface area (Å²) in [6.45, 7) is 3.09. The van der Waals surface area contributed by atoms with E-state index in [4.69, 9.17) is 4.74 Å². The first-order valence-corrected chi connectivity index (χ1v) is 14.6. The molecule has 1 aliphatic heterocycles. The monoisotopic (exact) mass is 587 g/mol. The number of likely N-dealkylation sites (N-methyl/N-ethyl adjacent to an activating group) is 1. The van der Waals surface area contributed by atoms with E-state index >= 15 is 0 Å². The molecule has 4 rings (SSSR count). The average Bonchev–Trinajstić information content (AvgIpc) is 3.67. The first-order valence-electron chi connectivity index (χ1n) is 14.6. The Balaban J connectivity index is 1.29. The van der Waals surface area contributed by atoms with Crippen molar-refractivity contribution in [3.05, 3.63) is 48.3 Å². The third-order valence-corrected chi connectivity index (χ3v) is 6.87. The highest BCUT2D eigenvalue weighted by Crippen LogP contribution is 2.21. The first-order chi connectivity index (χ1) is 20.9. The Labute approximate surface area is 252 Å². The normalized spacial score (nSPS) is 14.7. The molecule has 3 aromatic rings. The molecule has 228 valence electrons. The highest BCUT2D eigenvalue weighted by molar-refractivity contribution is 5.93. The molecule has 2 amide bonds. The van der Waals surface area contributed by atoms with E-state index in [9.17, 15) is 9.59 Å². The molecule has 0 spiro atoms. The van der Waals surface area contributed by atoms with Crippen molar-refractivity contribution in [2.45, 2.75) is 38.1 Å². The molecule has 3 heterocycles. The summed E-state index contributed by atoms with van der Waals surface area (Å²) in [6.07, 6.45) is 10.5. The first kappa shape index (κ1) is 31.5. The van der Waals surface area contributed by atoms with Crippen LogP contribution in [0.5, 0.6) is 0 Å². The Bertz CT molecular complexity index is 1460. The van der Waals surface area contributed by atoms with Crippen LogP contribution in [0.1, 0.15) is 37.7 Å². The number of aromatic amines is 1. The lowest BCUT2D eigenvalue weighted by atomic mass is 10.2. The largest absolute Gasteiger partial charge is 0.385 e. The maximum Gasteiger partial charge on any atom is 0.246 e. The molecule has 43 heavy (non-hydrogen) atoms. The van der Waals surface area contributed by atoms with Crippen LogP contribution in [0.3, 0.4) is 0 Å². The fourth-order valence-corrected chi connectivity index (χ4v) is 4.67. The van der Waals surface area contributed by atoms with Crippen molar-refractivity contribution in [3.63, 3.8) is 0 Å². The molecule has 0 saturated carbocycles. The number of likely N-dealkylation sites (tertiary alicyclic amines) is 1. The fraction of sp³-hybridized carbons (Fsp3) is 0.452. The van der Waals surface area contributed by atoms with Gasteiger partial charge in [-0.2, -0.15) is 10.1 Å². The van der Waals surface area contributed by atoms with E-state index in [1.54, 1.807) is 30.5 Å². The second-order valence-electron chi connectivity index (χ2n) is 10.6. The molecule has 0 bridgehead atoms. The van der Waals surface area contributed by atoms with Crippen molar-refractivity contribution in [1.82, 2.24) is 35.3 Å². The number of amides is 2. The van der Waals surface area contributed by atoms with Gasteiger partial charge in [-0.05, 0) is 58.0 Å². The van der Waals surface area contributed by atoms with Crippen LogP contribution in [-0.2, 0) is 14.3 Å². The maximum atomic E-state index is 12.8. The maximum absolute atomic E-state index is 12.8. The minimum absolute atomic E-state index is 0.106. The molecule has 0 aliphatic carbocycles. The fourth-order valence-electron chi connectivity index (χ4n) is 4.67. The predicted octanol–water partition coefficient (Wildman–Crippen LogP) is 2.90. The molecule has 0 radical (unpaired) electrons. The minimum atomic E-state index is -0.416. The molecule has 1 atom stereocenters. The second-order valence-corrected chi connectivity index (χ2v) is 10.6. The van der Waals surface area contributed by atoms with Crippen LogP contribution in [-0.4, -0.2) is 102 Å². The van der Waals surface area contributed by atoms with E-state index in [0.717, 1.165) is 29.4 Å². The number of carbonyl (C=O) groups is 2. The van der Waals surface area contributed by atoms with Gasteiger partial charge in [0.1, 0.15) is 11.9 Å². The van der Waals surface area contributed by atoms with Crippen LogP contribution < -0.4 is 16.0 Å². The van der Waals surface area contributed by atoms with Crippen molar-refractivity contribution < 1.29 is 14.3 Å². The smallest absolute Gasteiger partial charge is 0.246 e. The number of rotatable bonds is 14. The summed E-state index contributed by atoms with van der Waals surface area (Å²) < 4.78 is 5.16. The Morgan fingerprint density at radius 3 is 2.95 bits per heavy atom. The third kappa shape index (κ3) is 9.52. The number of methoxy groups -OCH3 is 1. The van der Waals surface area contributed by atoms with E-state index < -0.39 is 6.04 Å². The zero-order valence-electron chi connectivity index (χ0n) is 25.2. The zero-order valence-corrected chi connectivity index (χ0v) is 25.2. The standard InChI is InChI=1S/C31H41N9O3/c1-39(2)17-8-12-28(41)40-18-7-11-27(40)30(42)33-15-6-4-5-10-23-21-34-31(37-29(23)32-16-9-19-43-3)36-25-13-14-26-24(20-25)22-35-38-26/h8,12-14,20-22,27H,4,6-7,9,11,15-19H2,1-3H3,(H,33,42)(H,35,38)(H2,32,34,36,37)/t27-/m0/s1. The van der Waals surface area contributed by atoms with Gasteiger partial charge in [0.05, 0.1) is 23.5 Å². The molecule has 0 unspecified atom stereocenters. The van der Waals surface area contributed by atoms with E-state index in [2.05, 4.69) is 48.0 Å². The summed E-state index contributed by atoms with van der Waals surface area (Å²) >= 11 is 0. The van der Waals surface area contributed by atoms with Crippen LogP contribution in [0.2, 0.25) is 0 Å². The predicted molar refractivity (Wildman–Crippen MR) is 168 cm³/mol. The molecule has 4 N–H and O–H groups in total. The summed E-state index contributed by atoms with van der Waals surface area (Å²) in [6, 6.07) is 5.45.